The number of sulfonamides is 1. The maximum atomic E-state index is 13.3. The molecule has 0 unspecified atom stereocenters. The molecule has 0 saturated carbocycles. The first-order chi connectivity index (χ1) is 14.7. The van der Waals surface area contributed by atoms with E-state index in [1.807, 2.05) is 18.4 Å². The molecular formula is C22H30FN3O3S2. The smallest absolute Gasteiger partial charge is 0.238 e. The third-order valence-corrected chi connectivity index (χ3v) is 7.84. The van der Waals surface area contributed by atoms with Crippen molar-refractivity contribution in [1.82, 2.24) is 14.1 Å². The lowest BCUT2D eigenvalue weighted by molar-refractivity contribution is -0.132. The molecule has 9 heteroatoms. The molecule has 0 bridgehead atoms. The summed E-state index contributed by atoms with van der Waals surface area (Å²) in [5.74, 6) is -0.593. The summed E-state index contributed by atoms with van der Waals surface area (Å²) in [6.07, 6.45) is 3.41. The SMILES string of the molecule is Cc1ccsc1CN(Cc1ccc(F)cc1)C(=O)CN(CCN1CCCC1)S(C)(=O)=O. The Kier molecular flexibility index (Phi) is 8.21. The van der Waals surface area contributed by atoms with Crippen molar-refractivity contribution >= 4 is 27.3 Å². The first-order valence-electron chi connectivity index (χ1n) is 10.4. The van der Waals surface area contributed by atoms with Crippen LogP contribution in [0.1, 0.15) is 28.8 Å². The van der Waals surface area contributed by atoms with Crippen LogP contribution in [0.25, 0.3) is 0 Å². The minimum Gasteiger partial charge on any atom is -0.332 e. The predicted molar refractivity (Wildman–Crippen MR) is 122 cm³/mol. The number of rotatable bonds is 10. The Morgan fingerprint density at radius 2 is 1.81 bits per heavy atom. The Hall–Kier alpha value is -1.81. The van der Waals surface area contributed by atoms with Gasteiger partial charge in [-0.25, -0.2) is 12.8 Å². The van der Waals surface area contributed by atoms with Crippen LogP contribution < -0.4 is 0 Å². The lowest BCUT2D eigenvalue weighted by atomic mass is 10.2. The van der Waals surface area contributed by atoms with E-state index in [0.29, 0.717) is 26.2 Å². The van der Waals surface area contributed by atoms with E-state index in [9.17, 15) is 17.6 Å². The van der Waals surface area contributed by atoms with Gasteiger partial charge in [-0.2, -0.15) is 4.31 Å². The lowest BCUT2D eigenvalue weighted by Gasteiger charge is -2.27. The fourth-order valence-corrected chi connectivity index (χ4v) is 5.33. The van der Waals surface area contributed by atoms with Crippen molar-refractivity contribution in [2.24, 2.45) is 0 Å². The second kappa shape index (κ2) is 10.7. The molecule has 170 valence electrons. The average molecular weight is 468 g/mol. The van der Waals surface area contributed by atoms with Crippen LogP contribution in [0.4, 0.5) is 4.39 Å². The van der Waals surface area contributed by atoms with Crippen LogP contribution in [0.2, 0.25) is 0 Å². The molecule has 2 heterocycles. The molecule has 0 spiro atoms. The van der Waals surface area contributed by atoms with Crippen LogP contribution in [-0.4, -0.2) is 67.4 Å². The van der Waals surface area contributed by atoms with Crippen molar-refractivity contribution in [3.8, 4) is 0 Å². The van der Waals surface area contributed by atoms with Crippen molar-refractivity contribution in [1.29, 1.82) is 0 Å². The molecule has 0 radical (unpaired) electrons. The summed E-state index contributed by atoms with van der Waals surface area (Å²) in [6.45, 7) is 5.35. The van der Waals surface area contributed by atoms with Gasteiger partial charge in [0.25, 0.3) is 0 Å². The molecule has 0 aliphatic carbocycles. The molecule has 1 aliphatic rings. The zero-order valence-electron chi connectivity index (χ0n) is 18.1. The van der Waals surface area contributed by atoms with E-state index in [-0.39, 0.29) is 18.3 Å². The van der Waals surface area contributed by atoms with Crippen LogP contribution in [-0.2, 0) is 27.9 Å². The summed E-state index contributed by atoms with van der Waals surface area (Å²) in [4.78, 5) is 18.2. The van der Waals surface area contributed by atoms with Crippen molar-refractivity contribution in [3.05, 3.63) is 57.5 Å². The highest BCUT2D eigenvalue weighted by Crippen LogP contribution is 2.20. The number of halogens is 1. The Morgan fingerprint density at radius 1 is 1.13 bits per heavy atom. The summed E-state index contributed by atoms with van der Waals surface area (Å²) in [5.41, 5.74) is 1.89. The number of hydrogen-bond acceptors (Lipinski definition) is 5. The fourth-order valence-electron chi connectivity index (χ4n) is 3.65. The fraction of sp³-hybridized carbons (Fsp3) is 0.500. The molecule has 6 nitrogen and oxygen atoms in total. The standard InChI is InChI=1S/C22H30FN3O3S2/c1-18-9-14-30-21(18)16-25(15-19-5-7-20(23)8-6-19)22(27)17-26(31(2,28)29)13-12-24-10-3-4-11-24/h5-9,14H,3-4,10-13,15-17H2,1-2H3. The topological polar surface area (TPSA) is 60.9 Å². The third-order valence-electron chi connectivity index (χ3n) is 5.59. The molecule has 0 atom stereocenters. The molecule has 1 aromatic carbocycles. The molecule has 1 amide bonds. The summed E-state index contributed by atoms with van der Waals surface area (Å²) < 4.78 is 39.3. The van der Waals surface area contributed by atoms with Crippen LogP contribution in [0.3, 0.4) is 0 Å². The Bertz CT molecular complexity index is 970. The summed E-state index contributed by atoms with van der Waals surface area (Å²) in [6, 6.07) is 8.04. The zero-order valence-corrected chi connectivity index (χ0v) is 19.7. The van der Waals surface area contributed by atoms with Gasteiger partial charge in [0.05, 0.1) is 19.3 Å². The van der Waals surface area contributed by atoms with Crippen LogP contribution in [0, 0.1) is 12.7 Å². The predicted octanol–water partition coefficient (Wildman–Crippen LogP) is 3.08. The number of carbonyl (C=O) groups excluding carboxylic acids is 1. The van der Waals surface area contributed by atoms with Crippen molar-refractivity contribution in [2.45, 2.75) is 32.9 Å². The molecule has 1 aromatic heterocycles. The summed E-state index contributed by atoms with van der Waals surface area (Å²) in [7, 11) is -3.52. The van der Waals surface area contributed by atoms with Crippen molar-refractivity contribution in [2.75, 3.05) is 39.0 Å². The molecule has 1 aliphatic heterocycles. The van der Waals surface area contributed by atoms with E-state index in [1.54, 1.807) is 28.4 Å². The molecule has 0 N–H and O–H groups in total. The first-order valence-corrected chi connectivity index (χ1v) is 13.2. The molecule has 1 saturated heterocycles. The number of thiophene rings is 1. The largest absolute Gasteiger partial charge is 0.332 e. The van der Waals surface area contributed by atoms with E-state index >= 15 is 0 Å². The number of likely N-dealkylation sites (tertiary alicyclic amines) is 1. The van der Waals surface area contributed by atoms with Gasteiger partial charge in [-0.05, 0) is 67.6 Å². The highest BCUT2D eigenvalue weighted by molar-refractivity contribution is 7.88. The van der Waals surface area contributed by atoms with E-state index in [4.69, 9.17) is 0 Å². The number of aryl methyl sites for hydroxylation is 1. The van der Waals surface area contributed by atoms with E-state index in [0.717, 1.165) is 48.2 Å². The Balaban J connectivity index is 1.74. The van der Waals surface area contributed by atoms with Gasteiger partial charge in [-0.15, -0.1) is 11.3 Å². The molecule has 2 aromatic rings. The molecule has 3 rings (SSSR count). The zero-order chi connectivity index (χ0) is 22.4. The number of hydrogen-bond donors (Lipinski definition) is 0. The van der Waals surface area contributed by atoms with Crippen LogP contribution >= 0.6 is 11.3 Å². The number of carbonyl (C=O) groups is 1. The van der Waals surface area contributed by atoms with Gasteiger partial charge in [0, 0.05) is 24.5 Å². The molecule has 31 heavy (non-hydrogen) atoms. The minimum absolute atomic E-state index is 0.196. The molecular weight excluding hydrogens is 437 g/mol. The van der Waals surface area contributed by atoms with Gasteiger partial charge in [-0.1, -0.05) is 12.1 Å². The normalized spacial score (nSPS) is 15.0. The third kappa shape index (κ3) is 7.10. The van der Waals surface area contributed by atoms with Crippen molar-refractivity contribution < 1.29 is 17.6 Å². The van der Waals surface area contributed by atoms with Crippen molar-refractivity contribution in [3.63, 3.8) is 0 Å². The minimum atomic E-state index is -3.52. The van der Waals surface area contributed by atoms with Gasteiger partial charge >= 0.3 is 0 Å². The summed E-state index contributed by atoms with van der Waals surface area (Å²) >= 11 is 1.57. The monoisotopic (exact) mass is 467 g/mol. The Morgan fingerprint density at radius 3 is 2.39 bits per heavy atom. The maximum absolute atomic E-state index is 13.3. The van der Waals surface area contributed by atoms with Gasteiger partial charge in [0.2, 0.25) is 15.9 Å². The summed E-state index contributed by atoms with van der Waals surface area (Å²) in [5, 5.41) is 1.98. The van der Waals surface area contributed by atoms with Gasteiger partial charge in [-0.3, -0.25) is 4.79 Å². The van der Waals surface area contributed by atoms with E-state index in [2.05, 4.69) is 4.90 Å². The first kappa shape index (κ1) is 23.8. The molecule has 1 fully saturated rings. The second-order valence-electron chi connectivity index (χ2n) is 8.05. The highest BCUT2D eigenvalue weighted by Gasteiger charge is 2.25. The quantitative estimate of drug-likeness (QED) is 0.539. The maximum Gasteiger partial charge on any atom is 0.238 e. The van der Waals surface area contributed by atoms with Crippen LogP contribution in [0.15, 0.2) is 35.7 Å². The lowest BCUT2D eigenvalue weighted by Crippen LogP contribution is -2.44. The van der Waals surface area contributed by atoms with E-state index in [1.165, 1.54) is 16.4 Å². The number of nitrogens with zero attached hydrogens (tertiary/aromatic N) is 3. The van der Waals surface area contributed by atoms with Crippen LogP contribution in [0.5, 0.6) is 0 Å². The average Bonchev–Trinajstić information content (AvgIpc) is 3.37. The van der Waals surface area contributed by atoms with Gasteiger partial charge < -0.3 is 9.80 Å². The second-order valence-corrected chi connectivity index (χ2v) is 11.0. The highest BCUT2D eigenvalue weighted by atomic mass is 32.2. The van der Waals surface area contributed by atoms with Gasteiger partial charge in [0.1, 0.15) is 5.82 Å². The number of amides is 1. The van der Waals surface area contributed by atoms with Gasteiger partial charge in [0.15, 0.2) is 0 Å². The van der Waals surface area contributed by atoms with E-state index < -0.39 is 10.0 Å². The Labute approximate surface area is 188 Å². The number of benzene rings is 1.